The van der Waals surface area contributed by atoms with Crippen LogP contribution in [0.5, 0.6) is 0 Å². The van der Waals surface area contributed by atoms with Crippen LogP contribution < -0.4 is 0 Å². The van der Waals surface area contributed by atoms with Crippen molar-refractivity contribution in [3.8, 4) is 0 Å². The van der Waals surface area contributed by atoms with E-state index in [2.05, 4.69) is 59.7 Å². The van der Waals surface area contributed by atoms with Gasteiger partial charge in [-0.2, -0.15) is 0 Å². The number of carboxylic acid groups (broad SMARTS) is 1. The van der Waals surface area contributed by atoms with E-state index in [0.29, 0.717) is 11.8 Å². The Morgan fingerprint density at radius 3 is 2.43 bits per heavy atom. The largest absolute Gasteiger partial charge is 0.481 e. The molecule has 1 aromatic rings. The maximum Gasteiger partial charge on any atom is 0.310 e. The number of fused-ring (bicyclic) bond motifs is 8. The second-order valence-corrected chi connectivity index (χ2v) is 15.3. The molecule has 0 aliphatic heterocycles. The van der Waals surface area contributed by atoms with Crippen LogP contribution in [0.15, 0.2) is 22.4 Å². The average Bonchev–Trinajstić information content (AvgIpc) is 3.22. The molecule has 192 valence electrons. The number of hydrogen-bond donors (Lipinski definition) is 1. The van der Waals surface area contributed by atoms with E-state index >= 15 is 0 Å². The Morgan fingerprint density at radius 1 is 1.00 bits per heavy atom. The quantitative estimate of drug-likeness (QED) is 0.422. The Balaban J connectivity index is 1.47. The van der Waals surface area contributed by atoms with Crippen LogP contribution in [-0.4, -0.2) is 16.2 Å². The maximum absolute atomic E-state index is 12.8. The van der Waals surface area contributed by atoms with E-state index in [4.69, 9.17) is 4.52 Å². The number of hydrogen-bond acceptors (Lipinski definition) is 3. The van der Waals surface area contributed by atoms with E-state index in [9.17, 15) is 9.90 Å². The molecule has 1 unspecified atom stereocenters. The van der Waals surface area contributed by atoms with Crippen LogP contribution >= 0.6 is 0 Å². The van der Waals surface area contributed by atoms with Crippen molar-refractivity contribution in [3.63, 3.8) is 0 Å². The van der Waals surface area contributed by atoms with Crippen LogP contribution in [0, 0.1) is 44.8 Å². The zero-order chi connectivity index (χ0) is 25.2. The molecule has 0 aromatic carbocycles. The van der Waals surface area contributed by atoms with Crippen molar-refractivity contribution in [1.82, 2.24) is 5.16 Å². The molecule has 35 heavy (non-hydrogen) atoms. The molecule has 4 nitrogen and oxygen atoms in total. The topological polar surface area (TPSA) is 63.3 Å². The number of carboxylic acids is 1. The summed E-state index contributed by atoms with van der Waals surface area (Å²) < 4.78 is 5.83. The summed E-state index contributed by atoms with van der Waals surface area (Å²) in [5.74, 6) is 1.90. The van der Waals surface area contributed by atoms with Gasteiger partial charge in [0.15, 0.2) is 0 Å². The molecular formula is C31H45NO3. The third-order valence-electron chi connectivity index (χ3n) is 13.0. The molecular weight excluding hydrogens is 434 g/mol. The lowest BCUT2D eigenvalue weighted by Crippen LogP contribution is -2.64. The molecule has 6 rings (SSSR count). The Bertz CT molecular complexity index is 1110. The van der Waals surface area contributed by atoms with E-state index in [1.165, 1.54) is 24.0 Å². The van der Waals surface area contributed by atoms with Crippen molar-refractivity contribution < 1.29 is 14.4 Å². The van der Waals surface area contributed by atoms with Crippen molar-refractivity contribution in [2.24, 2.45) is 44.8 Å². The third kappa shape index (κ3) is 2.75. The van der Waals surface area contributed by atoms with Crippen molar-refractivity contribution >= 4 is 5.97 Å². The van der Waals surface area contributed by atoms with E-state index in [1.54, 1.807) is 0 Å². The lowest BCUT2D eigenvalue weighted by molar-refractivity contribution is -0.177. The Hall–Kier alpha value is -1.58. The van der Waals surface area contributed by atoms with Gasteiger partial charge in [0.2, 0.25) is 0 Å². The lowest BCUT2D eigenvalue weighted by atomic mass is 9.34. The lowest BCUT2D eigenvalue weighted by Gasteiger charge is -2.70. The molecule has 3 fully saturated rings. The van der Waals surface area contributed by atoms with Crippen LogP contribution in [0.2, 0.25) is 0 Å². The molecule has 1 N–H and O–H groups in total. The van der Waals surface area contributed by atoms with Crippen LogP contribution in [0.1, 0.15) is 111 Å². The predicted molar refractivity (Wildman–Crippen MR) is 137 cm³/mol. The number of rotatable bonds is 1. The zero-order valence-electron chi connectivity index (χ0n) is 23.0. The molecule has 0 amide bonds. The summed E-state index contributed by atoms with van der Waals surface area (Å²) >= 11 is 0. The van der Waals surface area contributed by atoms with Gasteiger partial charge in [-0.15, -0.1) is 0 Å². The number of aromatic nitrogens is 1. The average molecular weight is 480 g/mol. The summed E-state index contributed by atoms with van der Waals surface area (Å²) in [5, 5.41) is 14.8. The van der Waals surface area contributed by atoms with Crippen molar-refractivity contribution in [3.05, 3.63) is 29.2 Å². The third-order valence-corrected chi connectivity index (χ3v) is 13.0. The van der Waals surface area contributed by atoms with Gasteiger partial charge in [-0.25, -0.2) is 0 Å². The first-order chi connectivity index (χ1) is 16.2. The highest BCUT2D eigenvalue weighted by molar-refractivity contribution is 5.76. The van der Waals surface area contributed by atoms with Crippen LogP contribution in [0.4, 0.5) is 0 Å². The normalized spacial score (nSPS) is 47.3. The van der Waals surface area contributed by atoms with Gasteiger partial charge in [0.1, 0.15) is 5.76 Å². The molecule has 7 atom stereocenters. The molecule has 0 bridgehead atoms. The minimum atomic E-state index is -0.560. The summed E-state index contributed by atoms with van der Waals surface area (Å²) in [5.41, 5.74) is 2.90. The summed E-state index contributed by atoms with van der Waals surface area (Å²) in [4.78, 5) is 12.8. The van der Waals surface area contributed by atoms with E-state index in [0.717, 1.165) is 50.7 Å². The monoisotopic (exact) mass is 479 g/mol. The first kappa shape index (κ1) is 23.8. The fraction of sp³-hybridized carbons (Fsp3) is 0.806. The molecule has 0 saturated heterocycles. The number of aliphatic carboxylic acids is 1. The van der Waals surface area contributed by atoms with Gasteiger partial charge in [0.25, 0.3) is 0 Å². The number of nitrogens with zero attached hydrogens (tertiary/aromatic N) is 1. The van der Waals surface area contributed by atoms with Crippen molar-refractivity contribution in [2.75, 3.05) is 0 Å². The van der Waals surface area contributed by atoms with Gasteiger partial charge in [0.05, 0.1) is 11.6 Å². The Labute approximate surface area is 211 Å². The first-order valence-electron chi connectivity index (χ1n) is 14.1. The van der Waals surface area contributed by atoms with E-state index in [-0.39, 0.29) is 33.0 Å². The van der Waals surface area contributed by atoms with Crippen molar-refractivity contribution in [2.45, 2.75) is 112 Å². The molecule has 5 aliphatic carbocycles. The maximum atomic E-state index is 12.8. The van der Waals surface area contributed by atoms with E-state index in [1.807, 2.05) is 6.20 Å². The van der Waals surface area contributed by atoms with Crippen LogP contribution in [0.25, 0.3) is 0 Å². The number of carbonyl (C=O) groups is 1. The molecule has 4 heteroatoms. The second kappa shape index (κ2) is 6.84. The van der Waals surface area contributed by atoms with Gasteiger partial charge in [-0.1, -0.05) is 65.3 Å². The van der Waals surface area contributed by atoms with Gasteiger partial charge in [0, 0.05) is 11.0 Å². The molecule has 1 heterocycles. The summed E-state index contributed by atoms with van der Waals surface area (Å²) in [6, 6.07) is 0. The minimum absolute atomic E-state index is 0.0104. The molecule has 1 aromatic heterocycles. The molecule has 0 radical (unpaired) electrons. The van der Waals surface area contributed by atoms with Gasteiger partial charge >= 0.3 is 5.97 Å². The summed E-state index contributed by atoms with van der Waals surface area (Å²) in [6.45, 7) is 17.1. The highest BCUT2D eigenvalue weighted by Gasteiger charge is 2.69. The summed E-state index contributed by atoms with van der Waals surface area (Å²) in [6.07, 6.45) is 13.8. The molecule has 5 aliphatic rings. The Kier molecular flexibility index (Phi) is 4.65. The smallest absolute Gasteiger partial charge is 0.310 e. The van der Waals surface area contributed by atoms with Crippen molar-refractivity contribution in [1.29, 1.82) is 0 Å². The SMILES string of the molecule is CC1(C)CC[C@]2(C(=O)O)CC[C@]3(C)C(=CC[C@@H]4[C@@]5(C)Cc6cnoc6C(C)(C)C5CC[C@]43C)[C@@H]2C1. The summed E-state index contributed by atoms with van der Waals surface area (Å²) in [7, 11) is 0. The second-order valence-electron chi connectivity index (χ2n) is 15.3. The van der Waals surface area contributed by atoms with Gasteiger partial charge in [-0.3, -0.25) is 4.79 Å². The zero-order valence-corrected chi connectivity index (χ0v) is 23.0. The predicted octanol–water partition coefficient (Wildman–Crippen LogP) is 7.57. The van der Waals surface area contributed by atoms with Gasteiger partial charge < -0.3 is 9.63 Å². The van der Waals surface area contributed by atoms with Crippen LogP contribution in [0.3, 0.4) is 0 Å². The standard InChI is InChI=1S/C31H45NO3/c1-26(2)12-14-31(25(33)34)15-13-29(6)20(21(31)17-26)8-9-23-28(5)16-19-18-32-35-24(19)27(3,4)22(28)10-11-30(23,29)7/h8,18,21-23H,9-17H2,1-7H3,(H,33,34)/t21-,22?,23+,28-,29+,30+,31-/m0/s1. The van der Waals surface area contributed by atoms with E-state index < -0.39 is 11.4 Å². The van der Waals surface area contributed by atoms with Crippen LogP contribution in [-0.2, 0) is 16.6 Å². The fourth-order valence-corrected chi connectivity index (χ4v) is 10.9. The highest BCUT2D eigenvalue weighted by Crippen LogP contribution is 2.75. The highest BCUT2D eigenvalue weighted by atomic mass is 16.5. The Morgan fingerprint density at radius 2 is 1.71 bits per heavy atom. The molecule has 3 saturated carbocycles. The first-order valence-corrected chi connectivity index (χ1v) is 14.1. The van der Waals surface area contributed by atoms with Gasteiger partial charge in [-0.05, 0) is 97.2 Å². The molecule has 0 spiro atoms. The number of allylic oxidation sites excluding steroid dienone is 2. The fourth-order valence-electron chi connectivity index (χ4n) is 10.9. The minimum Gasteiger partial charge on any atom is -0.481 e.